The molecule has 6 nitrogen and oxygen atoms in total. The summed E-state index contributed by atoms with van der Waals surface area (Å²) in [5, 5.41) is 15.3. The fourth-order valence-corrected chi connectivity index (χ4v) is 4.83. The Hall–Kier alpha value is -3.97. The van der Waals surface area contributed by atoms with Crippen molar-refractivity contribution in [2.75, 3.05) is 5.32 Å². The molecule has 1 aliphatic rings. The van der Waals surface area contributed by atoms with E-state index in [2.05, 4.69) is 10.3 Å². The van der Waals surface area contributed by atoms with Crippen molar-refractivity contribution < 1.29 is 14.7 Å². The van der Waals surface area contributed by atoms with Crippen LogP contribution in [0.3, 0.4) is 0 Å². The Morgan fingerprint density at radius 3 is 2.59 bits per heavy atom. The van der Waals surface area contributed by atoms with Gasteiger partial charge in [0.2, 0.25) is 0 Å². The highest BCUT2D eigenvalue weighted by Gasteiger charge is 2.26. The number of aromatic nitrogens is 2. The van der Waals surface area contributed by atoms with E-state index in [1.165, 1.54) is 0 Å². The minimum Gasteiger partial charge on any atom is -0.478 e. The van der Waals surface area contributed by atoms with Crippen molar-refractivity contribution >= 4 is 40.5 Å². The minimum atomic E-state index is -0.989. The first kappa shape index (κ1) is 20.0. The van der Waals surface area contributed by atoms with Crippen LogP contribution in [0.4, 0.5) is 5.69 Å². The van der Waals surface area contributed by atoms with E-state index in [9.17, 15) is 14.7 Å². The maximum atomic E-state index is 12.7. The molecule has 0 fully saturated rings. The lowest BCUT2D eigenvalue weighted by molar-refractivity contribution is -0.110. The number of fused-ring (bicyclic) bond motifs is 1. The van der Waals surface area contributed by atoms with Gasteiger partial charge < -0.3 is 15.4 Å². The number of carbonyl (C=O) groups is 2. The first-order valence-corrected chi connectivity index (χ1v) is 10.9. The van der Waals surface area contributed by atoms with Crippen LogP contribution in [0.15, 0.2) is 53.9 Å². The van der Waals surface area contributed by atoms with Crippen molar-refractivity contribution in [2.24, 2.45) is 0 Å². The molecule has 2 aromatic carbocycles. The zero-order valence-corrected chi connectivity index (χ0v) is 18.2. The summed E-state index contributed by atoms with van der Waals surface area (Å²) in [5.74, 6) is -1.21. The van der Waals surface area contributed by atoms with Gasteiger partial charge in [0.25, 0.3) is 5.91 Å². The van der Waals surface area contributed by atoms with Gasteiger partial charge in [0, 0.05) is 39.1 Å². The quantitative estimate of drug-likeness (QED) is 0.359. The van der Waals surface area contributed by atoms with E-state index < -0.39 is 5.97 Å². The van der Waals surface area contributed by atoms with E-state index in [0.29, 0.717) is 22.5 Å². The number of aromatic carboxylic acids is 1. The number of aromatic amines is 1. The number of carboxylic acid groups (broad SMARTS) is 1. The number of carbonyl (C=O) groups excluding carboxylic acids is 1. The summed E-state index contributed by atoms with van der Waals surface area (Å²) in [4.78, 5) is 32.1. The van der Waals surface area contributed by atoms with E-state index in [4.69, 9.17) is 4.98 Å². The first-order valence-electron chi connectivity index (χ1n) is 10.0. The maximum absolute atomic E-state index is 12.7. The summed E-state index contributed by atoms with van der Waals surface area (Å²) >= 11 is 1.57. The van der Waals surface area contributed by atoms with Crippen LogP contribution in [-0.2, 0) is 4.79 Å². The Labute approximate surface area is 188 Å². The number of rotatable bonds is 4. The third kappa shape index (κ3) is 3.33. The molecule has 3 heterocycles. The molecule has 4 aromatic rings. The highest BCUT2D eigenvalue weighted by Crippen LogP contribution is 2.38. The molecule has 7 heteroatoms. The van der Waals surface area contributed by atoms with E-state index >= 15 is 0 Å². The third-order valence-corrected chi connectivity index (χ3v) is 6.49. The number of aryl methyl sites for hydroxylation is 1. The molecule has 158 valence electrons. The van der Waals surface area contributed by atoms with Crippen LogP contribution < -0.4 is 5.32 Å². The van der Waals surface area contributed by atoms with E-state index in [0.717, 1.165) is 33.1 Å². The normalized spacial score (nSPS) is 13.9. The molecule has 32 heavy (non-hydrogen) atoms. The fraction of sp³-hybridized carbons (Fsp3) is 0.0800. The Bertz CT molecular complexity index is 1410. The monoisotopic (exact) mass is 441 g/mol. The van der Waals surface area contributed by atoms with Crippen LogP contribution in [0.5, 0.6) is 0 Å². The number of hydrogen-bond donors (Lipinski definition) is 3. The second kappa shape index (κ2) is 7.62. The number of amides is 1. The highest BCUT2D eigenvalue weighted by molar-refractivity contribution is 7.13. The molecule has 0 saturated carbocycles. The zero-order chi connectivity index (χ0) is 22.4. The average Bonchev–Trinajstić information content (AvgIpc) is 3.45. The van der Waals surface area contributed by atoms with Gasteiger partial charge in [0.15, 0.2) is 0 Å². The van der Waals surface area contributed by atoms with E-state index in [1.54, 1.807) is 31.3 Å². The second-order valence-corrected chi connectivity index (χ2v) is 8.50. The Morgan fingerprint density at radius 1 is 1.09 bits per heavy atom. The van der Waals surface area contributed by atoms with Crippen molar-refractivity contribution in [2.45, 2.75) is 13.8 Å². The van der Waals surface area contributed by atoms with Crippen LogP contribution >= 0.6 is 11.3 Å². The standard InChI is InChI=1S/C25H19N3O3S/c1-13-20(26-14(2)22(13)25(30)31)11-18-17-10-16(8-9-19(17)27-23(18)29)21-12-32-24(28-21)15-6-4-3-5-7-15/h3-12,26H,1-2H3,(H,27,29)(H,30,31). The van der Waals surface area contributed by atoms with Crippen molar-refractivity contribution in [3.05, 3.63) is 82.0 Å². The molecule has 0 bridgehead atoms. The number of anilines is 1. The van der Waals surface area contributed by atoms with Crippen LogP contribution in [0, 0.1) is 13.8 Å². The van der Waals surface area contributed by atoms with Gasteiger partial charge >= 0.3 is 5.97 Å². The molecule has 0 unspecified atom stereocenters. The molecule has 5 rings (SSSR count). The van der Waals surface area contributed by atoms with Gasteiger partial charge in [0.05, 0.1) is 16.8 Å². The van der Waals surface area contributed by atoms with Gasteiger partial charge in [-0.05, 0) is 37.6 Å². The molecular formula is C25H19N3O3S. The van der Waals surface area contributed by atoms with Gasteiger partial charge in [-0.1, -0.05) is 36.4 Å². The molecule has 0 atom stereocenters. The molecule has 1 aliphatic heterocycles. The second-order valence-electron chi connectivity index (χ2n) is 7.65. The van der Waals surface area contributed by atoms with Gasteiger partial charge in [0.1, 0.15) is 5.01 Å². The van der Waals surface area contributed by atoms with Gasteiger partial charge in [-0.2, -0.15) is 0 Å². The molecule has 2 aromatic heterocycles. The summed E-state index contributed by atoms with van der Waals surface area (Å²) < 4.78 is 0. The molecule has 0 aliphatic carbocycles. The third-order valence-electron chi connectivity index (χ3n) is 5.60. The number of nitrogens with one attached hydrogen (secondary N) is 2. The molecule has 0 spiro atoms. The maximum Gasteiger partial charge on any atom is 0.337 e. The molecular weight excluding hydrogens is 422 g/mol. The Balaban J connectivity index is 1.55. The number of hydrogen-bond acceptors (Lipinski definition) is 4. The summed E-state index contributed by atoms with van der Waals surface area (Å²) in [6, 6.07) is 15.8. The van der Waals surface area contributed by atoms with Gasteiger partial charge in [-0.15, -0.1) is 11.3 Å². The lowest BCUT2D eigenvalue weighted by Gasteiger charge is -2.03. The lowest BCUT2D eigenvalue weighted by atomic mass is 10.0. The predicted molar refractivity (Wildman–Crippen MR) is 127 cm³/mol. The summed E-state index contributed by atoms with van der Waals surface area (Å²) in [7, 11) is 0. The number of benzene rings is 2. The molecule has 0 saturated heterocycles. The van der Waals surface area contributed by atoms with Crippen molar-refractivity contribution in [1.29, 1.82) is 0 Å². The number of carboxylic acids is 1. The van der Waals surface area contributed by atoms with Crippen LogP contribution in [-0.4, -0.2) is 27.0 Å². The van der Waals surface area contributed by atoms with Crippen LogP contribution in [0.25, 0.3) is 33.5 Å². The van der Waals surface area contributed by atoms with Crippen LogP contribution in [0.2, 0.25) is 0 Å². The predicted octanol–water partition coefficient (Wildman–Crippen LogP) is 5.61. The SMILES string of the molecule is Cc1[nH]c(C=C2C(=O)Nc3ccc(-c4csc(-c5ccccc5)n4)cc32)c(C)c1C(=O)O. The molecule has 1 amide bonds. The Morgan fingerprint density at radius 2 is 1.88 bits per heavy atom. The average molecular weight is 442 g/mol. The lowest BCUT2D eigenvalue weighted by Crippen LogP contribution is -2.03. The molecule has 3 N–H and O–H groups in total. The fourth-order valence-electron chi connectivity index (χ4n) is 3.99. The molecule has 0 radical (unpaired) electrons. The van der Waals surface area contributed by atoms with Crippen LogP contribution in [0.1, 0.15) is 32.9 Å². The van der Waals surface area contributed by atoms with Crippen molar-refractivity contribution in [3.8, 4) is 21.8 Å². The van der Waals surface area contributed by atoms with E-state index in [1.807, 2.05) is 53.9 Å². The number of thiazole rings is 1. The first-order chi connectivity index (χ1) is 15.4. The van der Waals surface area contributed by atoms with Crippen molar-refractivity contribution in [3.63, 3.8) is 0 Å². The summed E-state index contributed by atoms with van der Waals surface area (Å²) in [5.41, 5.74) is 6.81. The highest BCUT2D eigenvalue weighted by atomic mass is 32.1. The van der Waals surface area contributed by atoms with Gasteiger partial charge in [-0.25, -0.2) is 9.78 Å². The largest absolute Gasteiger partial charge is 0.478 e. The van der Waals surface area contributed by atoms with Gasteiger partial charge in [-0.3, -0.25) is 4.79 Å². The number of nitrogens with zero attached hydrogens (tertiary/aromatic N) is 1. The smallest absolute Gasteiger partial charge is 0.337 e. The topological polar surface area (TPSA) is 95.1 Å². The summed E-state index contributed by atoms with van der Waals surface area (Å²) in [6.45, 7) is 3.45. The summed E-state index contributed by atoms with van der Waals surface area (Å²) in [6.07, 6.45) is 1.72. The zero-order valence-electron chi connectivity index (χ0n) is 17.4. The van der Waals surface area contributed by atoms with Crippen molar-refractivity contribution in [1.82, 2.24) is 9.97 Å². The minimum absolute atomic E-state index is 0.219. The Kier molecular flexibility index (Phi) is 4.75. The number of H-pyrrole nitrogens is 1. The van der Waals surface area contributed by atoms with E-state index in [-0.39, 0.29) is 11.5 Å².